The van der Waals surface area contributed by atoms with Gasteiger partial charge in [0.1, 0.15) is 30.2 Å². The number of carbonyl (C=O) groups excluding carboxylic acids is 5. The highest BCUT2D eigenvalue weighted by Gasteiger charge is 2.38. The number of amides is 5. The van der Waals surface area contributed by atoms with Crippen LogP contribution in [0, 0.1) is 0 Å². The molecule has 0 unspecified atom stereocenters. The first kappa shape index (κ1) is 46.7. The van der Waals surface area contributed by atoms with E-state index in [1.54, 1.807) is 30.3 Å². The van der Waals surface area contributed by atoms with Gasteiger partial charge in [0.2, 0.25) is 29.5 Å². The number of hydrogen-bond donors (Lipinski definition) is 6. The molecule has 5 atom stereocenters. The lowest BCUT2D eigenvalue weighted by atomic mass is 10.0. The van der Waals surface area contributed by atoms with Crippen molar-refractivity contribution in [3.05, 3.63) is 35.9 Å². The summed E-state index contributed by atoms with van der Waals surface area (Å²) < 4.78 is 0. The quantitative estimate of drug-likeness (QED) is 0.0655. The lowest BCUT2D eigenvalue weighted by Gasteiger charge is -2.29. The van der Waals surface area contributed by atoms with Crippen LogP contribution in [0.15, 0.2) is 30.3 Å². The normalized spacial score (nSPS) is 16.0. The molecule has 0 aromatic heterocycles. The zero-order valence-electron chi connectivity index (χ0n) is 33.1. The molecule has 14 heteroatoms. The molecular weight excluding hydrogens is 706 g/mol. The van der Waals surface area contributed by atoms with Crippen LogP contribution in [0.2, 0.25) is 0 Å². The summed E-state index contributed by atoms with van der Waals surface area (Å²) in [5, 5.41) is 29.2. The maximum Gasteiger partial charge on any atom is 0.326 e. The second kappa shape index (κ2) is 26.3. The highest BCUT2D eigenvalue weighted by atomic mass is 16.4. The Labute approximate surface area is 326 Å². The topological polar surface area (TPSA) is 211 Å². The Kier molecular flexibility index (Phi) is 22.3. The molecule has 6 N–H and O–H groups in total. The third kappa shape index (κ3) is 18.6. The van der Waals surface area contributed by atoms with Gasteiger partial charge in [-0.25, -0.2) is 4.79 Å². The summed E-state index contributed by atoms with van der Waals surface area (Å²) in [5.41, 5.74) is 0.729. The number of aliphatic carboxylic acids is 2. The van der Waals surface area contributed by atoms with E-state index in [1.807, 2.05) is 0 Å². The Morgan fingerprint density at radius 1 is 0.691 bits per heavy atom. The van der Waals surface area contributed by atoms with Gasteiger partial charge in [-0.05, 0) is 45.1 Å². The Hall–Kier alpha value is -4.49. The van der Waals surface area contributed by atoms with Gasteiger partial charge in [-0.15, -0.1) is 0 Å². The van der Waals surface area contributed by atoms with Crippen LogP contribution >= 0.6 is 0 Å². The summed E-state index contributed by atoms with van der Waals surface area (Å²) in [7, 11) is 0. The summed E-state index contributed by atoms with van der Waals surface area (Å²) in [4.78, 5) is 90.0. The van der Waals surface area contributed by atoms with Gasteiger partial charge in [-0.3, -0.25) is 28.8 Å². The van der Waals surface area contributed by atoms with Crippen molar-refractivity contribution >= 4 is 41.5 Å². The lowest BCUT2D eigenvalue weighted by Crippen LogP contribution is -2.57. The standard InChI is InChI=1S/C41H65N5O9/c1-4-5-6-7-8-9-10-11-12-13-14-15-19-24-35(47)44-32(25-26-36(48)49)38(51)42-29(2)37(50)43-30(3)40(53)46-27-20-23-34(46)39(52)45-33(41(54)55)28-31-21-17-16-18-22-31/h16-18,21-22,29-30,32-34H,4-15,19-20,23-28H2,1-3H3,(H,42,51)(H,43,50)(H,44,47)(H,45,52)(H,48,49)(H,54,55)/t29-,30-,32-,33-,34-/m0/s1. The second-order valence-electron chi connectivity index (χ2n) is 14.8. The number of rotatable bonds is 28. The molecule has 1 aliphatic rings. The van der Waals surface area contributed by atoms with Gasteiger partial charge >= 0.3 is 11.9 Å². The van der Waals surface area contributed by atoms with Gasteiger partial charge in [-0.1, -0.05) is 114 Å². The van der Waals surface area contributed by atoms with Gasteiger partial charge in [0, 0.05) is 25.8 Å². The largest absolute Gasteiger partial charge is 0.481 e. The van der Waals surface area contributed by atoms with Gasteiger partial charge in [0.15, 0.2) is 0 Å². The van der Waals surface area contributed by atoms with E-state index in [4.69, 9.17) is 0 Å². The fourth-order valence-electron chi connectivity index (χ4n) is 6.76. The summed E-state index contributed by atoms with van der Waals surface area (Å²) >= 11 is 0. The Morgan fingerprint density at radius 3 is 1.82 bits per heavy atom. The van der Waals surface area contributed by atoms with E-state index in [0.717, 1.165) is 24.8 Å². The number of carboxylic acid groups (broad SMARTS) is 2. The molecule has 0 bridgehead atoms. The molecule has 1 heterocycles. The molecule has 1 fully saturated rings. The number of nitrogens with one attached hydrogen (secondary N) is 4. The average molecular weight is 772 g/mol. The molecule has 0 aliphatic carbocycles. The van der Waals surface area contributed by atoms with Crippen molar-refractivity contribution in [2.45, 2.75) is 173 Å². The van der Waals surface area contributed by atoms with Crippen molar-refractivity contribution in [3.8, 4) is 0 Å². The summed E-state index contributed by atoms with van der Waals surface area (Å²) in [5.74, 6) is -5.27. The van der Waals surface area contributed by atoms with Gasteiger partial charge < -0.3 is 36.4 Å². The summed E-state index contributed by atoms with van der Waals surface area (Å²) in [6, 6.07) is 3.36. The summed E-state index contributed by atoms with van der Waals surface area (Å²) in [6.07, 6.45) is 15.7. The minimum Gasteiger partial charge on any atom is -0.481 e. The van der Waals surface area contributed by atoms with Crippen LogP contribution in [0.25, 0.3) is 0 Å². The molecule has 1 saturated heterocycles. The van der Waals surface area contributed by atoms with E-state index >= 15 is 0 Å². The molecule has 0 saturated carbocycles. The maximum atomic E-state index is 13.4. The molecule has 2 rings (SSSR count). The van der Waals surface area contributed by atoms with Crippen LogP contribution in [-0.2, 0) is 40.0 Å². The van der Waals surface area contributed by atoms with E-state index < -0.39 is 65.8 Å². The Bertz CT molecular complexity index is 1370. The first-order valence-corrected chi connectivity index (χ1v) is 20.3. The number of benzene rings is 1. The molecule has 1 aliphatic heterocycles. The molecule has 0 spiro atoms. The first-order chi connectivity index (χ1) is 26.3. The van der Waals surface area contributed by atoms with Crippen LogP contribution in [0.4, 0.5) is 0 Å². The zero-order chi connectivity index (χ0) is 40.6. The maximum absolute atomic E-state index is 13.4. The fraction of sp³-hybridized carbons (Fsp3) is 0.683. The van der Waals surface area contributed by atoms with E-state index in [2.05, 4.69) is 28.2 Å². The zero-order valence-corrected chi connectivity index (χ0v) is 33.1. The van der Waals surface area contributed by atoms with E-state index in [0.29, 0.717) is 19.3 Å². The molecule has 5 amide bonds. The van der Waals surface area contributed by atoms with Crippen molar-refractivity contribution in [3.63, 3.8) is 0 Å². The van der Waals surface area contributed by atoms with Crippen molar-refractivity contribution in [2.24, 2.45) is 0 Å². The second-order valence-corrected chi connectivity index (χ2v) is 14.8. The molecule has 1 aromatic carbocycles. The highest BCUT2D eigenvalue weighted by molar-refractivity contribution is 5.96. The van der Waals surface area contributed by atoms with Gasteiger partial charge in [0.25, 0.3) is 0 Å². The van der Waals surface area contributed by atoms with Crippen molar-refractivity contribution in [2.75, 3.05) is 6.54 Å². The molecular formula is C41H65N5O9. The lowest BCUT2D eigenvalue weighted by molar-refractivity contribution is -0.144. The smallest absolute Gasteiger partial charge is 0.326 e. The van der Waals surface area contributed by atoms with Crippen molar-refractivity contribution in [1.82, 2.24) is 26.2 Å². The number of nitrogens with zero attached hydrogens (tertiary/aromatic N) is 1. The average Bonchev–Trinajstić information content (AvgIpc) is 3.65. The Balaban J connectivity index is 1.81. The third-order valence-corrected chi connectivity index (χ3v) is 10.0. The van der Waals surface area contributed by atoms with Gasteiger partial charge in [-0.2, -0.15) is 0 Å². The highest BCUT2D eigenvalue weighted by Crippen LogP contribution is 2.19. The van der Waals surface area contributed by atoms with Crippen LogP contribution in [0.1, 0.15) is 142 Å². The predicted octanol–water partition coefficient (Wildman–Crippen LogP) is 4.63. The van der Waals surface area contributed by atoms with Crippen LogP contribution in [0.5, 0.6) is 0 Å². The van der Waals surface area contributed by atoms with Crippen LogP contribution in [0.3, 0.4) is 0 Å². The number of hydrogen-bond acceptors (Lipinski definition) is 7. The number of unbranched alkanes of at least 4 members (excludes halogenated alkanes) is 12. The summed E-state index contributed by atoms with van der Waals surface area (Å²) in [6.45, 7) is 5.31. The number of likely N-dealkylation sites (tertiary alicyclic amines) is 1. The van der Waals surface area contributed by atoms with E-state index in [1.165, 1.54) is 76.5 Å². The molecule has 14 nitrogen and oxygen atoms in total. The van der Waals surface area contributed by atoms with Crippen molar-refractivity contribution < 1.29 is 43.8 Å². The van der Waals surface area contributed by atoms with Gasteiger partial charge in [0.05, 0.1) is 0 Å². The van der Waals surface area contributed by atoms with Crippen LogP contribution in [-0.4, -0.2) is 93.3 Å². The SMILES string of the molecule is CCCCCCCCCCCCCCCC(=O)N[C@@H](CCC(=O)O)C(=O)N[C@@H](C)C(=O)N[C@@H](C)C(=O)N1CCC[C@H]1C(=O)N[C@@H](Cc1ccccc1)C(=O)O. The third-order valence-electron chi connectivity index (χ3n) is 10.0. The minimum atomic E-state index is -1.20. The van der Waals surface area contributed by atoms with Crippen molar-refractivity contribution in [1.29, 1.82) is 0 Å². The fourth-order valence-corrected chi connectivity index (χ4v) is 6.76. The monoisotopic (exact) mass is 771 g/mol. The predicted molar refractivity (Wildman–Crippen MR) is 209 cm³/mol. The molecule has 1 aromatic rings. The molecule has 0 radical (unpaired) electrons. The number of carbonyl (C=O) groups is 7. The number of carboxylic acids is 2. The molecule has 55 heavy (non-hydrogen) atoms. The van der Waals surface area contributed by atoms with E-state index in [-0.39, 0.29) is 38.1 Å². The first-order valence-electron chi connectivity index (χ1n) is 20.3. The van der Waals surface area contributed by atoms with Crippen LogP contribution < -0.4 is 21.3 Å². The van der Waals surface area contributed by atoms with E-state index in [9.17, 15) is 43.8 Å². The molecule has 308 valence electrons. The minimum absolute atomic E-state index is 0.0684. The Morgan fingerprint density at radius 2 is 1.25 bits per heavy atom.